The Hall–Kier alpha value is -1.35. The first kappa shape index (κ1) is 16.0. The van der Waals surface area contributed by atoms with Crippen molar-refractivity contribution in [3.63, 3.8) is 0 Å². The second kappa shape index (κ2) is 8.18. The first-order valence-corrected chi connectivity index (χ1v) is 8.17. The number of thiophene rings is 1. The van der Waals surface area contributed by atoms with Gasteiger partial charge in [0.25, 0.3) is 0 Å². The van der Waals surface area contributed by atoms with Crippen LogP contribution in [-0.2, 0) is 11.3 Å². The van der Waals surface area contributed by atoms with Gasteiger partial charge in [-0.2, -0.15) is 0 Å². The zero-order valence-corrected chi connectivity index (χ0v) is 13.3. The van der Waals surface area contributed by atoms with E-state index in [0.29, 0.717) is 6.42 Å². The van der Waals surface area contributed by atoms with Crippen molar-refractivity contribution in [2.75, 3.05) is 32.8 Å². The molecule has 1 aromatic rings. The van der Waals surface area contributed by atoms with Gasteiger partial charge in [-0.1, -0.05) is 11.8 Å². The predicted molar refractivity (Wildman–Crippen MR) is 85.0 cm³/mol. The lowest BCUT2D eigenvalue weighted by Gasteiger charge is -2.20. The second-order valence-corrected chi connectivity index (χ2v) is 6.35. The van der Waals surface area contributed by atoms with E-state index in [-0.39, 0.29) is 12.5 Å². The van der Waals surface area contributed by atoms with Crippen LogP contribution in [0.1, 0.15) is 29.5 Å². The standard InChI is InChI=1S/C16H22N2O2S/c1-14(20)18-9-4-8-17(10-11-18)13-16-7-6-15(21-16)5-2-3-12-19/h6-7,19H,3-4,8-13H2,1H3. The summed E-state index contributed by atoms with van der Waals surface area (Å²) >= 11 is 1.71. The van der Waals surface area contributed by atoms with Crippen LogP contribution < -0.4 is 0 Å². The molecule has 1 amide bonds. The summed E-state index contributed by atoms with van der Waals surface area (Å²) in [7, 11) is 0. The zero-order chi connectivity index (χ0) is 15.1. The van der Waals surface area contributed by atoms with E-state index in [1.165, 1.54) is 4.88 Å². The molecule has 0 atom stereocenters. The Labute approximate surface area is 130 Å². The molecule has 0 saturated carbocycles. The number of amides is 1. The predicted octanol–water partition coefficient (Wildman–Crippen LogP) is 1.54. The number of rotatable bonds is 3. The maximum Gasteiger partial charge on any atom is 0.219 e. The van der Waals surface area contributed by atoms with Crippen molar-refractivity contribution >= 4 is 17.2 Å². The van der Waals surface area contributed by atoms with Gasteiger partial charge in [0.15, 0.2) is 0 Å². The van der Waals surface area contributed by atoms with Crippen molar-refractivity contribution in [3.05, 3.63) is 21.9 Å². The van der Waals surface area contributed by atoms with E-state index in [1.807, 2.05) is 11.0 Å². The number of hydrogen-bond acceptors (Lipinski definition) is 4. The van der Waals surface area contributed by atoms with Crippen LogP contribution in [0.15, 0.2) is 12.1 Å². The van der Waals surface area contributed by atoms with E-state index in [9.17, 15) is 4.79 Å². The highest BCUT2D eigenvalue weighted by atomic mass is 32.1. The van der Waals surface area contributed by atoms with Gasteiger partial charge in [-0.15, -0.1) is 11.3 Å². The minimum Gasteiger partial charge on any atom is -0.395 e. The molecule has 1 saturated heterocycles. The summed E-state index contributed by atoms with van der Waals surface area (Å²) in [6, 6.07) is 4.17. The van der Waals surface area contributed by atoms with Crippen LogP contribution in [0.5, 0.6) is 0 Å². The quantitative estimate of drug-likeness (QED) is 0.862. The van der Waals surface area contributed by atoms with Gasteiger partial charge in [0.05, 0.1) is 11.5 Å². The van der Waals surface area contributed by atoms with Crippen molar-refractivity contribution in [1.29, 1.82) is 0 Å². The molecular weight excluding hydrogens is 284 g/mol. The average Bonchev–Trinajstić information content (AvgIpc) is 2.76. The Morgan fingerprint density at radius 1 is 1.33 bits per heavy atom. The van der Waals surface area contributed by atoms with Crippen LogP contribution in [0.25, 0.3) is 0 Å². The normalized spacial score (nSPS) is 16.2. The Morgan fingerprint density at radius 2 is 2.19 bits per heavy atom. The van der Waals surface area contributed by atoms with E-state index in [0.717, 1.165) is 44.0 Å². The molecular formula is C16H22N2O2S. The average molecular weight is 306 g/mol. The smallest absolute Gasteiger partial charge is 0.219 e. The van der Waals surface area contributed by atoms with Gasteiger partial charge in [-0.25, -0.2) is 0 Å². The summed E-state index contributed by atoms with van der Waals surface area (Å²) in [4.78, 5) is 18.1. The van der Waals surface area contributed by atoms with Crippen molar-refractivity contribution in [3.8, 4) is 11.8 Å². The summed E-state index contributed by atoms with van der Waals surface area (Å²) in [6.45, 7) is 6.35. The number of hydrogen-bond donors (Lipinski definition) is 1. The molecule has 1 aliphatic rings. The number of nitrogens with zero attached hydrogens (tertiary/aromatic N) is 2. The van der Waals surface area contributed by atoms with E-state index in [2.05, 4.69) is 22.8 Å². The van der Waals surface area contributed by atoms with Crippen molar-refractivity contribution in [2.45, 2.75) is 26.3 Å². The van der Waals surface area contributed by atoms with Crippen molar-refractivity contribution in [1.82, 2.24) is 9.80 Å². The highest BCUT2D eigenvalue weighted by Gasteiger charge is 2.16. The first-order chi connectivity index (χ1) is 10.2. The van der Waals surface area contributed by atoms with Gasteiger partial charge < -0.3 is 10.0 Å². The second-order valence-electron chi connectivity index (χ2n) is 5.18. The van der Waals surface area contributed by atoms with E-state index < -0.39 is 0 Å². The first-order valence-electron chi connectivity index (χ1n) is 7.35. The third-order valence-corrected chi connectivity index (χ3v) is 4.51. The van der Waals surface area contributed by atoms with Gasteiger partial charge in [-0.05, 0) is 18.6 Å². The van der Waals surface area contributed by atoms with Gasteiger partial charge in [0, 0.05) is 50.9 Å². The number of carbonyl (C=O) groups excluding carboxylic acids is 1. The topological polar surface area (TPSA) is 43.8 Å². The lowest BCUT2D eigenvalue weighted by atomic mass is 10.3. The number of carbonyl (C=O) groups is 1. The molecule has 1 aliphatic heterocycles. The molecule has 0 aliphatic carbocycles. The Morgan fingerprint density at radius 3 is 2.95 bits per heavy atom. The van der Waals surface area contributed by atoms with Crippen molar-refractivity contribution < 1.29 is 9.90 Å². The molecule has 4 nitrogen and oxygen atoms in total. The van der Waals surface area contributed by atoms with E-state index in [4.69, 9.17) is 5.11 Å². The zero-order valence-electron chi connectivity index (χ0n) is 12.5. The van der Waals surface area contributed by atoms with Gasteiger partial charge in [0.2, 0.25) is 5.91 Å². The summed E-state index contributed by atoms with van der Waals surface area (Å²) in [5, 5.41) is 8.72. The molecule has 114 valence electrons. The minimum atomic E-state index is 0.117. The molecule has 5 heteroatoms. The van der Waals surface area contributed by atoms with Gasteiger partial charge >= 0.3 is 0 Å². The van der Waals surface area contributed by atoms with Gasteiger partial charge in [-0.3, -0.25) is 9.69 Å². The SMILES string of the molecule is CC(=O)N1CCCN(Cc2ccc(C#CCCO)s2)CC1. The third-order valence-electron chi connectivity index (χ3n) is 3.52. The molecule has 2 rings (SSSR count). The number of aliphatic hydroxyl groups excluding tert-OH is 1. The molecule has 1 N–H and O–H groups in total. The highest BCUT2D eigenvalue weighted by molar-refractivity contribution is 7.12. The lowest BCUT2D eigenvalue weighted by Crippen LogP contribution is -2.33. The lowest BCUT2D eigenvalue weighted by molar-refractivity contribution is -0.128. The highest BCUT2D eigenvalue weighted by Crippen LogP contribution is 2.18. The minimum absolute atomic E-state index is 0.117. The maximum atomic E-state index is 11.4. The fourth-order valence-electron chi connectivity index (χ4n) is 2.40. The van der Waals surface area contributed by atoms with Crippen LogP contribution in [0.4, 0.5) is 0 Å². The Kier molecular flexibility index (Phi) is 6.24. The number of aliphatic hydroxyl groups is 1. The maximum absolute atomic E-state index is 11.4. The molecule has 0 spiro atoms. The fourth-order valence-corrected chi connectivity index (χ4v) is 3.32. The molecule has 0 aromatic carbocycles. The molecule has 21 heavy (non-hydrogen) atoms. The van der Waals surface area contributed by atoms with Crippen LogP contribution in [0.2, 0.25) is 0 Å². The van der Waals surface area contributed by atoms with Crippen molar-refractivity contribution in [2.24, 2.45) is 0 Å². The van der Waals surface area contributed by atoms with Crippen LogP contribution in [-0.4, -0.2) is 53.6 Å². The molecule has 0 radical (unpaired) electrons. The van der Waals surface area contributed by atoms with Crippen LogP contribution >= 0.6 is 11.3 Å². The molecule has 1 aromatic heterocycles. The van der Waals surface area contributed by atoms with Crippen LogP contribution in [0, 0.1) is 11.8 Å². The third kappa shape index (κ3) is 5.16. The summed E-state index contributed by atoms with van der Waals surface area (Å²) in [5.74, 6) is 6.20. The Balaban J connectivity index is 1.87. The molecule has 2 heterocycles. The Bertz CT molecular complexity index is 530. The fraction of sp³-hybridized carbons (Fsp3) is 0.562. The summed E-state index contributed by atoms with van der Waals surface area (Å²) in [6.07, 6.45) is 1.56. The van der Waals surface area contributed by atoms with Crippen LogP contribution in [0.3, 0.4) is 0 Å². The summed E-state index contributed by atoms with van der Waals surface area (Å²) in [5.41, 5.74) is 0. The van der Waals surface area contributed by atoms with E-state index in [1.54, 1.807) is 18.3 Å². The van der Waals surface area contributed by atoms with E-state index >= 15 is 0 Å². The van der Waals surface area contributed by atoms with Gasteiger partial charge in [0.1, 0.15) is 0 Å². The summed E-state index contributed by atoms with van der Waals surface area (Å²) < 4.78 is 0. The largest absolute Gasteiger partial charge is 0.395 e. The molecule has 1 fully saturated rings. The molecule has 0 unspecified atom stereocenters. The monoisotopic (exact) mass is 306 g/mol. The molecule has 0 bridgehead atoms.